The van der Waals surface area contributed by atoms with Crippen LogP contribution in [0.15, 0.2) is 54.3 Å². The second-order valence-electron chi connectivity index (χ2n) is 3.81. The van der Waals surface area contributed by atoms with E-state index >= 15 is 0 Å². The molecular weight excluding hydrogens is 246 g/mol. The van der Waals surface area contributed by atoms with E-state index < -0.39 is 6.10 Å². The third-order valence-corrected chi connectivity index (χ3v) is 3.50. The molecule has 0 radical (unpaired) electrons. The summed E-state index contributed by atoms with van der Waals surface area (Å²) in [7, 11) is 0. The highest BCUT2D eigenvalue weighted by Gasteiger charge is 2.17. The van der Waals surface area contributed by atoms with Gasteiger partial charge in [0, 0.05) is 12.4 Å². The van der Waals surface area contributed by atoms with Gasteiger partial charge >= 0.3 is 0 Å². The van der Waals surface area contributed by atoms with Gasteiger partial charge in [0.15, 0.2) is 0 Å². The van der Waals surface area contributed by atoms with Gasteiger partial charge in [-0.25, -0.2) is 4.68 Å². The number of nitrogens with zero attached hydrogens (tertiary/aromatic N) is 3. The number of aliphatic hydroxyl groups is 1. The molecule has 3 aromatic rings. The fraction of sp³-hybridized carbons (Fsp3) is 0.0769. The van der Waals surface area contributed by atoms with Crippen LogP contribution in [0.25, 0.3) is 5.69 Å². The highest BCUT2D eigenvalue weighted by Crippen LogP contribution is 2.25. The molecule has 1 aromatic carbocycles. The van der Waals surface area contributed by atoms with Gasteiger partial charge in [-0.15, -0.1) is 11.3 Å². The average Bonchev–Trinajstić information content (AvgIpc) is 3.10. The first kappa shape index (κ1) is 11.1. The lowest BCUT2D eigenvalue weighted by Crippen LogP contribution is -2.07. The van der Waals surface area contributed by atoms with Crippen molar-refractivity contribution in [3.8, 4) is 5.69 Å². The molecule has 0 aliphatic carbocycles. The predicted octanol–water partition coefficient (Wildman–Crippen LogP) is 2.41. The molecule has 18 heavy (non-hydrogen) atoms. The molecule has 4 nitrogen and oxygen atoms in total. The third kappa shape index (κ3) is 1.94. The molecule has 0 fully saturated rings. The van der Waals surface area contributed by atoms with E-state index in [1.807, 2.05) is 36.4 Å². The van der Waals surface area contributed by atoms with Crippen LogP contribution in [0, 0.1) is 0 Å². The summed E-state index contributed by atoms with van der Waals surface area (Å²) in [5.74, 6) is 0. The Labute approximate surface area is 108 Å². The molecule has 1 unspecified atom stereocenters. The number of hydrogen-bond acceptors (Lipinski definition) is 4. The Morgan fingerprint density at radius 2 is 2.00 bits per heavy atom. The topological polar surface area (TPSA) is 50.9 Å². The van der Waals surface area contributed by atoms with Gasteiger partial charge in [0.05, 0.1) is 21.8 Å². The number of para-hydroxylation sites is 1. The van der Waals surface area contributed by atoms with Gasteiger partial charge in [0.25, 0.3) is 0 Å². The number of benzene rings is 1. The van der Waals surface area contributed by atoms with E-state index in [4.69, 9.17) is 0 Å². The molecule has 2 aromatic heterocycles. The predicted molar refractivity (Wildman–Crippen MR) is 69.7 cm³/mol. The largest absolute Gasteiger partial charge is 0.381 e. The average molecular weight is 257 g/mol. The summed E-state index contributed by atoms with van der Waals surface area (Å²) in [6, 6.07) is 11.6. The second kappa shape index (κ2) is 4.72. The maximum Gasteiger partial charge on any atom is 0.132 e. The van der Waals surface area contributed by atoms with Gasteiger partial charge in [-0.2, -0.15) is 5.10 Å². The summed E-state index contributed by atoms with van der Waals surface area (Å²) >= 11 is 1.43. The number of thiazole rings is 1. The van der Waals surface area contributed by atoms with Crippen molar-refractivity contribution in [1.29, 1.82) is 0 Å². The first-order valence-electron chi connectivity index (χ1n) is 5.52. The zero-order chi connectivity index (χ0) is 12.4. The Hall–Kier alpha value is -1.98. The van der Waals surface area contributed by atoms with E-state index in [1.54, 1.807) is 22.6 Å². The van der Waals surface area contributed by atoms with E-state index in [0.29, 0.717) is 0 Å². The van der Waals surface area contributed by atoms with Crippen LogP contribution in [0.3, 0.4) is 0 Å². The Kier molecular flexibility index (Phi) is 2.92. The van der Waals surface area contributed by atoms with Crippen LogP contribution in [-0.2, 0) is 0 Å². The molecular formula is C13H11N3OS. The van der Waals surface area contributed by atoms with Crippen molar-refractivity contribution in [2.24, 2.45) is 0 Å². The fourth-order valence-corrected chi connectivity index (χ4v) is 2.43. The Bertz CT molecular complexity index is 619. The van der Waals surface area contributed by atoms with Crippen LogP contribution in [0.4, 0.5) is 0 Å². The molecule has 0 saturated carbocycles. The molecule has 0 aliphatic heterocycles. The molecule has 1 atom stereocenters. The van der Waals surface area contributed by atoms with Crippen molar-refractivity contribution < 1.29 is 5.11 Å². The van der Waals surface area contributed by atoms with E-state index in [9.17, 15) is 5.11 Å². The third-order valence-electron chi connectivity index (χ3n) is 2.67. The van der Waals surface area contributed by atoms with Crippen molar-refractivity contribution in [1.82, 2.24) is 14.8 Å². The molecule has 0 bridgehead atoms. The van der Waals surface area contributed by atoms with Crippen LogP contribution in [0.1, 0.15) is 16.7 Å². The summed E-state index contributed by atoms with van der Waals surface area (Å²) in [5.41, 5.74) is 3.38. The molecule has 0 aliphatic rings. The zero-order valence-corrected chi connectivity index (χ0v) is 10.3. The molecule has 3 rings (SSSR count). The molecule has 0 spiro atoms. The number of aromatic nitrogens is 3. The van der Waals surface area contributed by atoms with Crippen LogP contribution >= 0.6 is 11.3 Å². The van der Waals surface area contributed by atoms with Crippen molar-refractivity contribution >= 4 is 11.3 Å². The SMILES string of the molecule is OC(c1cncs1)c1ccnn1-c1ccccc1. The normalized spacial score (nSPS) is 12.5. The highest BCUT2D eigenvalue weighted by molar-refractivity contribution is 7.09. The maximum atomic E-state index is 10.3. The highest BCUT2D eigenvalue weighted by atomic mass is 32.1. The van der Waals surface area contributed by atoms with Gasteiger partial charge in [0.2, 0.25) is 0 Å². The summed E-state index contributed by atoms with van der Waals surface area (Å²) < 4.78 is 1.74. The smallest absolute Gasteiger partial charge is 0.132 e. The Morgan fingerprint density at radius 3 is 2.72 bits per heavy atom. The van der Waals surface area contributed by atoms with Crippen LogP contribution in [0.2, 0.25) is 0 Å². The summed E-state index contributed by atoms with van der Waals surface area (Å²) in [6.07, 6.45) is 2.67. The van der Waals surface area contributed by atoms with Crippen LogP contribution in [-0.4, -0.2) is 19.9 Å². The quantitative estimate of drug-likeness (QED) is 0.784. The molecule has 0 amide bonds. The Morgan fingerprint density at radius 1 is 1.17 bits per heavy atom. The van der Waals surface area contributed by atoms with Gasteiger partial charge in [-0.05, 0) is 18.2 Å². The minimum atomic E-state index is -0.694. The number of rotatable bonds is 3. The lowest BCUT2D eigenvalue weighted by Gasteiger charge is -2.11. The van der Waals surface area contributed by atoms with E-state index in [1.165, 1.54) is 11.3 Å². The first-order chi connectivity index (χ1) is 8.86. The minimum absolute atomic E-state index is 0.694. The van der Waals surface area contributed by atoms with Gasteiger partial charge in [0.1, 0.15) is 6.10 Å². The van der Waals surface area contributed by atoms with Gasteiger partial charge in [-0.1, -0.05) is 18.2 Å². The lowest BCUT2D eigenvalue weighted by molar-refractivity contribution is 0.215. The van der Waals surface area contributed by atoms with Gasteiger partial charge in [-0.3, -0.25) is 4.98 Å². The van der Waals surface area contributed by atoms with E-state index in [0.717, 1.165) is 16.3 Å². The number of hydrogen-bond donors (Lipinski definition) is 1. The fourth-order valence-electron chi connectivity index (χ4n) is 1.81. The monoisotopic (exact) mass is 257 g/mol. The molecule has 2 heterocycles. The van der Waals surface area contributed by atoms with E-state index in [-0.39, 0.29) is 0 Å². The zero-order valence-electron chi connectivity index (χ0n) is 9.47. The standard InChI is InChI=1S/C13H11N3OS/c17-13(12-8-14-9-18-12)11-6-7-15-16(11)10-4-2-1-3-5-10/h1-9,13,17H. The second-order valence-corrected chi connectivity index (χ2v) is 4.73. The van der Waals surface area contributed by atoms with Crippen molar-refractivity contribution in [3.05, 3.63) is 64.9 Å². The number of aliphatic hydroxyl groups excluding tert-OH is 1. The maximum absolute atomic E-state index is 10.3. The van der Waals surface area contributed by atoms with Crippen molar-refractivity contribution in [2.45, 2.75) is 6.10 Å². The molecule has 5 heteroatoms. The van der Waals surface area contributed by atoms with E-state index in [2.05, 4.69) is 10.1 Å². The Balaban J connectivity index is 2.02. The van der Waals surface area contributed by atoms with Crippen molar-refractivity contribution in [2.75, 3.05) is 0 Å². The summed E-state index contributed by atoms with van der Waals surface area (Å²) in [4.78, 5) is 4.80. The van der Waals surface area contributed by atoms with Crippen LogP contribution in [0.5, 0.6) is 0 Å². The van der Waals surface area contributed by atoms with Crippen LogP contribution < -0.4 is 0 Å². The molecule has 90 valence electrons. The molecule has 1 N–H and O–H groups in total. The van der Waals surface area contributed by atoms with Crippen molar-refractivity contribution in [3.63, 3.8) is 0 Å². The lowest BCUT2D eigenvalue weighted by atomic mass is 10.2. The molecule has 0 saturated heterocycles. The minimum Gasteiger partial charge on any atom is -0.381 e. The summed E-state index contributed by atoms with van der Waals surface area (Å²) in [6.45, 7) is 0. The first-order valence-corrected chi connectivity index (χ1v) is 6.40. The van der Waals surface area contributed by atoms with Gasteiger partial charge < -0.3 is 5.11 Å². The summed E-state index contributed by atoms with van der Waals surface area (Å²) in [5, 5.41) is 14.6.